The van der Waals surface area contributed by atoms with Crippen molar-refractivity contribution in [2.45, 2.75) is 143 Å². The van der Waals surface area contributed by atoms with Crippen molar-refractivity contribution in [3.8, 4) is 0 Å². The number of carbonyl (C=O) groups is 2. The molecule has 0 amide bonds. The molecular weight excluding hydrogens is 593 g/mol. The number of ether oxygens (including phenoxy) is 1. The lowest BCUT2D eigenvalue weighted by Gasteiger charge is -2.61. The van der Waals surface area contributed by atoms with Crippen molar-refractivity contribution in [3.63, 3.8) is 0 Å². The van der Waals surface area contributed by atoms with E-state index in [0.717, 1.165) is 48.3 Å². The molecule has 0 radical (unpaired) electrons. The monoisotopic (exact) mass is 652 g/mol. The first-order valence-corrected chi connectivity index (χ1v) is 19.5. The summed E-state index contributed by atoms with van der Waals surface area (Å²) in [6, 6.07) is -1.69. The fraction of sp³-hybridized carbons (Fsp3) is 0.943. The van der Waals surface area contributed by atoms with Gasteiger partial charge in [0.1, 0.15) is 0 Å². The molecule has 0 heterocycles. The zero-order chi connectivity index (χ0) is 33.0. The molecule has 4 saturated carbocycles. The molecule has 4 fully saturated rings. The molecule has 0 aromatic carbocycles. The second-order valence-electron chi connectivity index (χ2n) is 16.1. The lowest BCUT2D eigenvalue weighted by molar-refractivity contribution is -0.310. The third-order valence-corrected chi connectivity index (χ3v) is 14.1. The van der Waals surface area contributed by atoms with Crippen LogP contribution in [0.25, 0.3) is 0 Å². The smallest absolute Gasteiger partial charge is 0.204 e. The molecule has 10 heteroatoms. The van der Waals surface area contributed by atoms with Crippen molar-refractivity contribution in [3.05, 3.63) is 0 Å². The highest BCUT2D eigenvalue weighted by molar-refractivity contribution is 7.49. The third kappa shape index (κ3) is 8.93. The zero-order valence-electron chi connectivity index (χ0n) is 28.4. The maximum Gasteiger partial charge on any atom is 0.204 e. The summed E-state index contributed by atoms with van der Waals surface area (Å²) in [7, 11) is -4.70. The van der Waals surface area contributed by atoms with Gasteiger partial charge in [-0.2, -0.15) is 0 Å². The lowest BCUT2D eigenvalue weighted by Crippen LogP contribution is -2.54. The molecule has 45 heavy (non-hydrogen) atoms. The Labute approximate surface area is 271 Å². The Kier molecular flexibility index (Phi) is 12.7. The number of hydrogen-bond acceptors (Lipinski definition) is 8. The van der Waals surface area contributed by atoms with E-state index in [1.807, 2.05) is 5.09 Å². The van der Waals surface area contributed by atoms with Crippen LogP contribution in [0, 0.1) is 52.3 Å². The van der Waals surface area contributed by atoms with Gasteiger partial charge in [0.25, 0.3) is 0 Å². The average Bonchev–Trinajstić information content (AvgIpc) is 3.32. The molecule has 9 nitrogen and oxygen atoms in total. The highest BCUT2D eigenvalue weighted by Crippen LogP contribution is 2.68. The van der Waals surface area contributed by atoms with E-state index in [1.165, 1.54) is 64.2 Å². The average molecular weight is 653 g/mol. The van der Waals surface area contributed by atoms with Crippen LogP contribution in [-0.2, 0) is 23.4 Å². The van der Waals surface area contributed by atoms with Gasteiger partial charge in [0.2, 0.25) is 7.75 Å². The molecule has 0 aromatic rings. The first-order valence-electron chi connectivity index (χ1n) is 17.9. The molecular formula is C35H59NO8P-3. The number of carbonyl (C=O) groups excluding carboxylic acids is 2. The van der Waals surface area contributed by atoms with Crippen molar-refractivity contribution >= 4 is 19.7 Å². The van der Waals surface area contributed by atoms with Gasteiger partial charge in [-0.05, 0) is 129 Å². The van der Waals surface area contributed by atoms with E-state index in [4.69, 9.17) is 9.26 Å². The van der Waals surface area contributed by atoms with E-state index in [9.17, 15) is 29.3 Å². The van der Waals surface area contributed by atoms with Gasteiger partial charge < -0.3 is 34.0 Å². The normalized spacial score (nSPS) is 37.2. The number of rotatable bonds is 17. The number of nitrogens with one attached hydrogen (secondary N) is 1. The molecule has 260 valence electrons. The lowest BCUT2D eigenvalue weighted by atomic mass is 9.44. The standard InChI is InChI=1S/C35H62NO8P/c1-23(2)8-6-9-24(3)28-12-13-29-27-11-10-25-22-26(16-18-34(25,4)30(27)17-19-35(28,29)5)43-20-7-21-44-45(41,42)36-31(33(39)40)14-15-32(37)38/h23-31H,6-22H2,1-5H3,(H,37,38)(H,39,40)(H2,36,41,42)/p-3/t24-,25?,26+,27+,28-,29+,30+,31+,34+,35-/m1/s1. The third-order valence-electron chi connectivity index (χ3n) is 13.0. The largest absolute Gasteiger partial charge is 0.766 e. The summed E-state index contributed by atoms with van der Waals surface area (Å²) in [6.07, 6.45) is 15.0. The highest BCUT2D eigenvalue weighted by atomic mass is 31.2. The highest BCUT2D eigenvalue weighted by Gasteiger charge is 2.60. The predicted molar refractivity (Wildman–Crippen MR) is 167 cm³/mol. The van der Waals surface area contributed by atoms with Crippen molar-refractivity contribution in [1.29, 1.82) is 0 Å². The van der Waals surface area contributed by atoms with Gasteiger partial charge in [0.05, 0.1) is 24.7 Å². The molecule has 0 saturated heterocycles. The van der Waals surface area contributed by atoms with Gasteiger partial charge >= 0.3 is 0 Å². The Balaban J connectivity index is 1.22. The maximum absolute atomic E-state index is 12.2. The summed E-state index contributed by atoms with van der Waals surface area (Å²) < 4.78 is 23.3. The quantitative estimate of drug-likeness (QED) is 0.176. The summed E-state index contributed by atoms with van der Waals surface area (Å²) in [5.74, 6) is 2.54. The fourth-order valence-corrected chi connectivity index (χ4v) is 11.7. The van der Waals surface area contributed by atoms with Crippen LogP contribution in [0.15, 0.2) is 0 Å². The molecule has 4 aliphatic rings. The van der Waals surface area contributed by atoms with Crippen LogP contribution in [0.1, 0.15) is 131 Å². The van der Waals surface area contributed by atoms with E-state index in [0.29, 0.717) is 29.8 Å². The van der Waals surface area contributed by atoms with Gasteiger partial charge in [0.15, 0.2) is 0 Å². The summed E-state index contributed by atoms with van der Waals surface area (Å²) in [4.78, 5) is 33.9. The Bertz CT molecular complexity index is 1050. The maximum atomic E-state index is 12.2. The molecule has 11 atom stereocenters. The second-order valence-corrected chi connectivity index (χ2v) is 17.6. The van der Waals surface area contributed by atoms with Crippen molar-refractivity contribution in [2.75, 3.05) is 13.2 Å². The Hall–Kier alpha value is -0.990. The topological polar surface area (TPSA) is 151 Å². The van der Waals surface area contributed by atoms with E-state index in [-0.39, 0.29) is 12.7 Å². The Morgan fingerprint density at radius 1 is 0.889 bits per heavy atom. The molecule has 0 aromatic heterocycles. The minimum absolute atomic E-state index is 0.150. The van der Waals surface area contributed by atoms with Crippen LogP contribution < -0.4 is 20.2 Å². The van der Waals surface area contributed by atoms with Crippen molar-refractivity contribution < 1.29 is 38.5 Å². The van der Waals surface area contributed by atoms with Crippen molar-refractivity contribution in [1.82, 2.24) is 5.09 Å². The van der Waals surface area contributed by atoms with Crippen LogP contribution in [-0.4, -0.2) is 37.3 Å². The van der Waals surface area contributed by atoms with Gasteiger partial charge in [-0.3, -0.25) is 4.57 Å². The van der Waals surface area contributed by atoms with Crippen molar-refractivity contribution in [2.24, 2.45) is 52.3 Å². The fourth-order valence-electron chi connectivity index (χ4n) is 10.6. The van der Waals surface area contributed by atoms with Gasteiger partial charge in [-0.15, -0.1) is 0 Å². The van der Waals surface area contributed by atoms with Gasteiger partial charge in [-0.25, -0.2) is 5.09 Å². The summed E-state index contributed by atoms with van der Waals surface area (Å²) in [5, 5.41) is 23.6. The summed E-state index contributed by atoms with van der Waals surface area (Å²) >= 11 is 0. The molecule has 1 N–H and O–H groups in total. The molecule has 0 spiro atoms. The molecule has 0 aliphatic heterocycles. The molecule has 4 rings (SSSR count). The van der Waals surface area contributed by atoms with Crippen LogP contribution >= 0.6 is 7.75 Å². The Morgan fingerprint density at radius 2 is 1.60 bits per heavy atom. The molecule has 4 aliphatic carbocycles. The zero-order valence-corrected chi connectivity index (χ0v) is 29.3. The number of aliphatic carboxylic acids is 2. The van der Waals surface area contributed by atoms with Crippen LogP contribution in [0.3, 0.4) is 0 Å². The number of fused-ring (bicyclic) bond motifs is 5. The van der Waals surface area contributed by atoms with Crippen LogP contribution in [0.4, 0.5) is 0 Å². The van der Waals surface area contributed by atoms with E-state index < -0.39 is 38.6 Å². The minimum atomic E-state index is -4.70. The predicted octanol–water partition coefficient (Wildman–Crippen LogP) is 4.61. The number of carboxylic acid groups (broad SMARTS) is 2. The van der Waals surface area contributed by atoms with E-state index >= 15 is 0 Å². The minimum Gasteiger partial charge on any atom is -0.766 e. The molecule has 2 unspecified atom stereocenters. The first-order chi connectivity index (χ1) is 21.2. The van der Waals surface area contributed by atoms with E-state index in [2.05, 4.69) is 34.6 Å². The Morgan fingerprint density at radius 3 is 2.29 bits per heavy atom. The van der Waals surface area contributed by atoms with Gasteiger partial charge in [-0.1, -0.05) is 53.9 Å². The SMILES string of the molecule is CC(C)CCC[C@@H](C)[C@H]1CC[C@H]2[C@@H]3CCC4C[C@@H](OCCCOP(=O)([O-])N[C@@H](CCC(=O)[O-])C(=O)[O-])CC[C@]4(C)[C@H]3CC[C@]12C. The summed E-state index contributed by atoms with van der Waals surface area (Å²) in [6.45, 7) is 12.7. The first kappa shape index (κ1) is 36.8. The van der Waals surface area contributed by atoms with Crippen LogP contribution in [0.2, 0.25) is 0 Å². The van der Waals surface area contributed by atoms with E-state index in [1.54, 1.807) is 0 Å². The van der Waals surface area contributed by atoms with Crippen LogP contribution in [0.5, 0.6) is 0 Å². The second kappa shape index (κ2) is 15.5. The molecule has 0 bridgehead atoms. The number of carboxylic acids is 2. The number of hydrogen-bond donors (Lipinski definition) is 1. The van der Waals surface area contributed by atoms with Gasteiger partial charge in [0, 0.05) is 12.6 Å². The summed E-state index contributed by atoms with van der Waals surface area (Å²) in [5.41, 5.74) is 0.885.